The Bertz CT molecular complexity index is 935. The van der Waals surface area contributed by atoms with Gasteiger partial charge in [0.1, 0.15) is 0 Å². The van der Waals surface area contributed by atoms with Gasteiger partial charge in [-0.3, -0.25) is 4.90 Å². The predicted molar refractivity (Wildman–Crippen MR) is 111 cm³/mol. The van der Waals surface area contributed by atoms with Crippen LogP contribution >= 0.6 is 0 Å². The van der Waals surface area contributed by atoms with Gasteiger partial charge in [0, 0.05) is 31.7 Å². The van der Waals surface area contributed by atoms with Crippen LogP contribution in [0.5, 0.6) is 0 Å². The summed E-state index contributed by atoms with van der Waals surface area (Å²) in [4.78, 5) is 13.9. The van der Waals surface area contributed by atoms with Gasteiger partial charge in [-0.15, -0.1) is 5.10 Å². The Morgan fingerprint density at radius 3 is 2.34 bits per heavy atom. The van der Waals surface area contributed by atoms with Crippen molar-refractivity contribution in [2.45, 2.75) is 39.7 Å². The molecule has 0 spiro atoms. The van der Waals surface area contributed by atoms with Gasteiger partial charge in [0.2, 0.25) is 17.7 Å². The Morgan fingerprint density at radius 2 is 1.66 bits per heavy atom. The Kier molecular flexibility index (Phi) is 5.80. The SMILES string of the molecule is CCc1nnc(N2CCN(C(C)c3nc(-c4ccccc4)no3)CC2)nc1CC. The van der Waals surface area contributed by atoms with E-state index in [1.165, 1.54) is 0 Å². The smallest absolute Gasteiger partial charge is 0.245 e. The minimum Gasteiger partial charge on any atom is -0.337 e. The fraction of sp³-hybridized carbons (Fsp3) is 0.476. The van der Waals surface area contributed by atoms with Crippen molar-refractivity contribution < 1.29 is 4.52 Å². The summed E-state index contributed by atoms with van der Waals surface area (Å²) in [5, 5.41) is 12.9. The van der Waals surface area contributed by atoms with Crippen molar-refractivity contribution >= 4 is 5.95 Å². The molecule has 4 rings (SSSR count). The predicted octanol–water partition coefficient (Wildman–Crippen LogP) is 2.93. The van der Waals surface area contributed by atoms with E-state index in [0.717, 1.165) is 61.9 Å². The van der Waals surface area contributed by atoms with Crippen LogP contribution in [0.15, 0.2) is 34.9 Å². The largest absolute Gasteiger partial charge is 0.337 e. The lowest BCUT2D eigenvalue weighted by Gasteiger charge is -2.36. The van der Waals surface area contributed by atoms with E-state index in [1.807, 2.05) is 30.3 Å². The number of anilines is 1. The van der Waals surface area contributed by atoms with Crippen LogP contribution in [0.25, 0.3) is 11.4 Å². The molecular weight excluding hydrogens is 366 g/mol. The summed E-state index contributed by atoms with van der Waals surface area (Å²) in [6, 6.07) is 9.96. The average molecular weight is 393 g/mol. The lowest BCUT2D eigenvalue weighted by atomic mass is 10.2. The molecule has 0 N–H and O–H groups in total. The van der Waals surface area contributed by atoms with Gasteiger partial charge in [0.25, 0.3) is 0 Å². The molecule has 152 valence electrons. The van der Waals surface area contributed by atoms with E-state index in [4.69, 9.17) is 9.51 Å². The van der Waals surface area contributed by atoms with Crippen LogP contribution in [0.2, 0.25) is 0 Å². The van der Waals surface area contributed by atoms with Crippen molar-refractivity contribution in [1.29, 1.82) is 0 Å². The molecule has 1 fully saturated rings. The third-order valence-corrected chi connectivity index (χ3v) is 5.47. The second-order valence-corrected chi connectivity index (χ2v) is 7.23. The molecule has 1 aromatic carbocycles. The number of piperazine rings is 1. The van der Waals surface area contributed by atoms with Crippen molar-refractivity contribution in [3.8, 4) is 11.4 Å². The first-order valence-electron chi connectivity index (χ1n) is 10.3. The van der Waals surface area contributed by atoms with Gasteiger partial charge in [-0.2, -0.15) is 10.1 Å². The van der Waals surface area contributed by atoms with Gasteiger partial charge in [-0.05, 0) is 19.8 Å². The highest BCUT2D eigenvalue weighted by Gasteiger charge is 2.27. The molecule has 1 aliphatic rings. The first kappa shape index (κ1) is 19.4. The number of hydrogen-bond acceptors (Lipinski definition) is 8. The van der Waals surface area contributed by atoms with Crippen molar-refractivity contribution in [1.82, 2.24) is 30.2 Å². The molecular formula is C21H27N7O. The molecule has 1 aliphatic heterocycles. The first-order valence-corrected chi connectivity index (χ1v) is 10.3. The van der Waals surface area contributed by atoms with Gasteiger partial charge in [-0.25, -0.2) is 4.98 Å². The lowest BCUT2D eigenvalue weighted by molar-refractivity contribution is 0.163. The minimum atomic E-state index is 0.0647. The summed E-state index contributed by atoms with van der Waals surface area (Å²) >= 11 is 0. The third kappa shape index (κ3) is 4.12. The highest BCUT2D eigenvalue weighted by Crippen LogP contribution is 2.24. The molecule has 1 saturated heterocycles. The molecule has 8 heteroatoms. The van der Waals surface area contributed by atoms with E-state index in [2.05, 4.69) is 50.9 Å². The van der Waals surface area contributed by atoms with Crippen LogP contribution in [-0.4, -0.2) is 56.4 Å². The van der Waals surface area contributed by atoms with E-state index in [0.29, 0.717) is 11.7 Å². The Hall–Kier alpha value is -2.87. The molecule has 1 unspecified atom stereocenters. The monoisotopic (exact) mass is 393 g/mol. The number of nitrogens with zero attached hydrogens (tertiary/aromatic N) is 7. The normalized spacial score (nSPS) is 16.2. The summed E-state index contributed by atoms with van der Waals surface area (Å²) in [5.74, 6) is 2.01. The van der Waals surface area contributed by atoms with Crippen molar-refractivity contribution in [2.75, 3.05) is 31.1 Å². The molecule has 0 bridgehead atoms. The fourth-order valence-electron chi connectivity index (χ4n) is 3.64. The average Bonchev–Trinajstić information content (AvgIpc) is 3.29. The van der Waals surface area contributed by atoms with E-state index >= 15 is 0 Å². The van der Waals surface area contributed by atoms with E-state index < -0.39 is 0 Å². The maximum Gasteiger partial charge on any atom is 0.245 e. The quantitative estimate of drug-likeness (QED) is 0.632. The van der Waals surface area contributed by atoms with Gasteiger partial charge in [0.15, 0.2) is 0 Å². The molecule has 1 atom stereocenters. The van der Waals surface area contributed by atoms with Gasteiger partial charge < -0.3 is 9.42 Å². The van der Waals surface area contributed by atoms with Crippen molar-refractivity contribution in [2.24, 2.45) is 0 Å². The Balaban J connectivity index is 1.40. The van der Waals surface area contributed by atoms with Crippen LogP contribution in [-0.2, 0) is 12.8 Å². The zero-order valence-corrected chi connectivity index (χ0v) is 17.2. The standard InChI is InChI=1S/C21H27N7O/c1-4-17-18(5-2)24-25-21(22-17)28-13-11-27(12-14-28)15(3)20-23-19(26-29-20)16-9-7-6-8-10-16/h6-10,15H,4-5,11-14H2,1-3H3. The highest BCUT2D eigenvalue weighted by atomic mass is 16.5. The molecule has 0 radical (unpaired) electrons. The van der Waals surface area contributed by atoms with Crippen LogP contribution < -0.4 is 4.90 Å². The molecule has 2 aromatic heterocycles. The highest BCUT2D eigenvalue weighted by molar-refractivity contribution is 5.53. The molecule has 29 heavy (non-hydrogen) atoms. The maximum atomic E-state index is 5.55. The zero-order valence-electron chi connectivity index (χ0n) is 17.2. The molecule has 0 amide bonds. The number of rotatable bonds is 6. The molecule has 0 aliphatic carbocycles. The second kappa shape index (κ2) is 8.65. The van der Waals surface area contributed by atoms with Crippen LogP contribution in [0, 0.1) is 0 Å². The van der Waals surface area contributed by atoms with E-state index in [1.54, 1.807) is 0 Å². The van der Waals surface area contributed by atoms with Crippen LogP contribution in [0.4, 0.5) is 5.95 Å². The minimum absolute atomic E-state index is 0.0647. The van der Waals surface area contributed by atoms with Crippen molar-refractivity contribution in [3.63, 3.8) is 0 Å². The summed E-state index contributed by atoms with van der Waals surface area (Å²) in [6.45, 7) is 9.77. The molecule has 3 aromatic rings. The Morgan fingerprint density at radius 1 is 0.931 bits per heavy atom. The van der Waals surface area contributed by atoms with Gasteiger partial charge in [0.05, 0.1) is 17.4 Å². The van der Waals surface area contributed by atoms with E-state index in [9.17, 15) is 0 Å². The summed E-state index contributed by atoms with van der Waals surface area (Å²) in [6.07, 6.45) is 1.74. The third-order valence-electron chi connectivity index (χ3n) is 5.47. The van der Waals surface area contributed by atoms with Crippen molar-refractivity contribution in [3.05, 3.63) is 47.6 Å². The summed E-state index contributed by atoms with van der Waals surface area (Å²) in [5.41, 5.74) is 3.01. The first-order chi connectivity index (χ1) is 14.2. The number of aromatic nitrogens is 5. The fourth-order valence-corrected chi connectivity index (χ4v) is 3.64. The molecule has 8 nitrogen and oxygen atoms in total. The molecule has 0 saturated carbocycles. The van der Waals surface area contributed by atoms with Crippen LogP contribution in [0.1, 0.15) is 44.1 Å². The van der Waals surface area contributed by atoms with Gasteiger partial charge in [-0.1, -0.05) is 49.3 Å². The number of aryl methyl sites for hydroxylation is 2. The Labute approximate surface area is 171 Å². The summed E-state index contributed by atoms with van der Waals surface area (Å²) in [7, 11) is 0. The number of hydrogen-bond donors (Lipinski definition) is 0. The van der Waals surface area contributed by atoms with E-state index in [-0.39, 0.29) is 6.04 Å². The maximum absolute atomic E-state index is 5.55. The number of benzene rings is 1. The summed E-state index contributed by atoms with van der Waals surface area (Å²) < 4.78 is 5.55. The lowest BCUT2D eigenvalue weighted by Crippen LogP contribution is -2.48. The zero-order chi connectivity index (χ0) is 20.2. The topological polar surface area (TPSA) is 84.1 Å². The second-order valence-electron chi connectivity index (χ2n) is 7.23. The van der Waals surface area contributed by atoms with Crippen LogP contribution in [0.3, 0.4) is 0 Å². The molecule has 3 heterocycles. The van der Waals surface area contributed by atoms with Gasteiger partial charge >= 0.3 is 0 Å².